The van der Waals surface area contributed by atoms with Gasteiger partial charge in [0, 0.05) is 33.1 Å². The minimum atomic E-state index is -1.31. The van der Waals surface area contributed by atoms with Crippen LogP contribution in [-0.2, 0) is 0 Å². The highest BCUT2D eigenvalue weighted by atomic mass is 35.5. The fraction of sp³-hybridized carbons (Fsp3) is 0.286. The van der Waals surface area contributed by atoms with Gasteiger partial charge >= 0.3 is 0 Å². The van der Waals surface area contributed by atoms with Crippen LogP contribution in [0, 0.1) is 19.8 Å². The number of nitrogens with one attached hydrogen (secondary N) is 1. The van der Waals surface area contributed by atoms with Crippen LogP contribution in [0.5, 0.6) is 0 Å². The van der Waals surface area contributed by atoms with Crippen LogP contribution in [0.3, 0.4) is 0 Å². The van der Waals surface area contributed by atoms with Crippen LogP contribution in [0.1, 0.15) is 36.5 Å². The van der Waals surface area contributed by atoms with Gasteiger partial charge < -0.3 is 5.32 Å². The molecule has 1 fully saturated rings. The summed E-state index contributed by atoms with van der Waals surface area (Å²) in [7, 11) is 0. The van der Waals surface area contributed by atoms with Gasteiger partial charge in [-0.3, -0.25) is 0 Å². The van der Waals surface area contributed by atoms with E-state index in [0.29, 0.717) is 5.02 Å². The van der Waals surface area contributed by atoms with Crippen LogP contribution in [-0.4, -0.2) is 9.33 Å². The molecule has 178 valence electrons. The molecule has 0 saturated heterocycles. The minimum Gasteiger partial charge on any atom is -0.359 e. The molecule has 6 heteroatoms. The van der Waals surface area contributed by atoms with Crippen molar-refractivity contribution in [1.29, 1.82) is 0 Å². The zero-order chi connectivity index (χ0) is 24.8. The first-order valence-corrected chi connectivity index (χ1v) is 13.0. The fourth-order valence-electron chi connectivity index (χ4n) is 4.38. The normalized spacial score (nSPS) is 19.1. The van der Waals surface area contributed by atoms with Gasteiger partial charge in [-0.15, -0.1) is 23.2 Å². The highest BCUT2D eigenvalue weighted by Gasteiger charge is 2.65. The molecule has 0 heterocycles. The van der Waals surface area contributed by atoms with E-state index in [-0.39, 0.29) is 11.8 Å². The van der Waals surface area contributed by atoms with Crippen molar-refractivity contribution < 1.29 is 4.39 Å². The lowest BCUT2D eigenvalue weighted by Crippen LogP contribution is -2.04. The van der Waals surface area contributed by atoms with E-state index in [2.05, 4.69) is 37.0 Å². The third kappa shape index (κ3) is 5.60. The van der Waals surface area contributed by atoms with Crippen LogP contribution in [0.2, 0.25) is 5.02 Å². The maximum Gasteiger partial charge on any atom is 0.155 e. The molecule has 1 N–H and O–H groups in total. The third-order valence-electron chi connectivity index (χ3n) is 5.92. The van der Waals surface area contributed by atoms with Crippen molar-refractivity contribution in [3.8, 4) is 11.1 Å². The van der Waals surface area contributed by atoms with Crippen LogP contribution < -0.4 is 5.32 Å². The monoisotopic (exact) mass is 533 g/mol. The lowest BCUT2D eigenvalue weighted by atomic mass is 10.00. The van der Waals surface area contributed by atoms with Gasteiger partial charge in [0.15, 0.2) is 5.00 Å². The molecule has 0 amide bonds. The Morgan fingerprint density at radius 1 is 1.03 bits per heavy atom. The second-order valence-electron chi connectivity index (χ2n) is 9.36. The Morgan fingerprint density at radius 3 is 2.32 bits per heavy atom. The molecular formula is C28H27Cl3FNS. The number of benzene rings is 3. The first-order chi connectivity index (χ1) is 15.8. The summed E-state index contributed by atoms with van der Waals surface area (Å²) in [5, 5.41) is 2.78. The van der Waals surface area contributed by atoms with Crippen LogP contribution in [0.4, 0.5) is 10.1 Å². The van der Waals surface area contributed by atoms with E-state index in [0.717, 1.165) is 44.1 Å². The first-order valence-electron chi connectivity index (χ1n) is 11.0. The highest BCUT2D eigenvalue weighted by molar-refractivity contribution is 8.00. The van der Waals surface area contributed by atoms with Gasteiger partial charge in [-0.05, 0) is 91.9 Å². The number of thioether (sulfide) groups is 1. The Morgan fingerprint density at radius 2 is 1.71 bits per heavy atom. The van der Waals surface area contributed by atoms with E-state index in [1.54, 1.807) is 13.8 Å². The lowest BCUT2D eigenvalue weighted by Gasteiger charge is -2.15. The lowest BCUT2D eigenvalue weighted by molar-refractivity contribution is 0.346. The van der Waals surface area contributed by atoms with Crippen molar-refractivity contribution in [3.63, 3.8) is 0 Å². The van der Waals surface area contributed by atoms with E-state index in [1.165, 1.54) is 11.8 Å². The Hall–Kier alpha value is -1.65. The number of alkyl halides is 3. The summed E-state index contributed by atoms with van der Waals surface area (Å²) in [6.45, 7) is 11.4. The average Bonchev–Trinajstić information content (AvgIpc) is 3.30. The Balaban J connectivity index is 1.53. The molecular weight excluding hydrogens is 508 g/mol. The number of rotatable bonds is 7. The van der Waals surface area contributed by atoms with Gasteiger partial charge in [0.05, 0.1) is 0 Å². The van der Waals surface area contributed by atoms with Crippen LogP contribution >= 0.6 is 46.6 Å². The molecule has 0 radical (unpaired) electrons. The molecule has 0 spiro atoms. The van der Waals surface area contributed by atoms with Gasteiger partial charge in [-0.1, -0.05) is 54.2 Å². The fourth-order valence-corrected chi connectivity index (χ4v) is 6.40. The molecule has 0 bridgehead atoms. The standard InChI is InChI=1S/C28H27Cl3FNS/c1-16-12-20(14-21(29)13-16)26-25(28(26,30)31)18(3)33-22-9-6-17(2)24(15-22)19-7-10-23(11-8-19)34-27(4,5)32/h6-15,25-26,33H,3H2,1-2,4-5H3. The first kappa shape index (κ1) is 25.4. The number of aryl methyl sites for hydroxylation is 2. The van der Waals surface area contributed by atoms with E-state index >= 15 is 0 Å². The van der Waals surface area contributed by atoms with Gasteiger partial charge in [0.25, 0.3) is 0 Å². The van der Waals surface area contributed by atoms with Crippen molar-refractivity contribution in [2.45, 2.75) is 47.8 Å². The second-order valence-corrected chi connectivity index (χ2v) is 12.9. The Kier molecular flexibility index (Phi) is 7.05. The molecule has 3 aromatic carbocycles. The molecule has 2 atom stereocenters. The maximum atomic E-state index is 14.0. The average molecular weight is 535 g/mol. The summed E-state index contributed by atoms with van der Waals surface area (Å²) in [6.07, 6.45) is 0. The quantitative estimate of drug-likeness (QED) is 0.239. The summed E-state index contributed by atoms with van der Waals surface area (Å²) in [5.41, 5.74) is 7.06. The third-order valence-corrected chi connectivity index (χ3v) is 8.07. The van der Waals surface area contributed by atoms with Crippen molar-refractivity contribution in [3.05, 3.63) is 94.7 Å². The number of halogens is 4. The number of hydrogen-bond acceptors (Lipinski definition) is 2. The van der Waals surface area contributed by atoms with Gasteiger partial charge in [0.1, 0.15) is 4.33 Å². The topological polar surface area (TPSA) is 12.0 Å². The Labute approximate surface area is 220 Å². The second kappa shape index (κ2) is 9.43. The number of allylic oxidation sites excluding steroid dienone is 1. The molecule has 2 unspecified atom stereocenters. The summed E-state index contributed by atoms with van der Waals surface area (Å²) in [4.78, 5) is 0.896. The van der Waals surface area contributed by atoms with E-state index in [4.69, 9.17) is 34.8 Å². The molecule has 1 aliphatic rings. The SMILES string of the molecule is C=C(Nc1ccc(C)c(-c2ccc(SC(C)(C)F)cc2)c1)C1C(c2cc(C)cc(Cl)c2)C1(Cl)Cl. The van der Waals surface area contributed by atoms with Crippen molar-refractivity contribution in [2.75, 3.05) is 5.32 Å². The van der Waals surface area contributed by atoms with Crippen LogP contribution in [0.15, 0.2) is 77.8 Å². The van der Waals surface area contributed by atoms with Crippen LogP contribution in [0.25, 0.3) is 11.1 Å². The largest absolute Gasteiger partial charge is 0.359 e. The number of hydrogen-bond donors (Lipinski definition) is 1. The number of anilines is 1. The van der Waals surface area contributed by atoms with Gasteiger partial charge in [0.2, 0.25) is 0 Å². The highest BCUT2D eigenvalue weighted by Crippen LogP contribution is 2.67. The summed E-state index contributed by atoms with van der Waals surface area (Å²) in [6, 6.07) is 20.0. The van der Waals surface area contributed by atoms with E-state index < -0.39 is 9.33 Å². The molecule has 1 saturated carbocycles. The maximum absolute atomic E-state index is 14.0. The summed E-state index contributed by atoms with van der Waals surface area (Å²) in [5.74, 6) is -0.221. The smallest absolute Gasteiger partial charge is 0.155 e. The van der Waals surface area contributed by atoms with E-state index in [9.17, 15) is 4.39 Å². The predicted molar refractivity (Wildman–Crippen MR) is 147 cm³/mol. The minimum absolute atomic E-state index is 0.0806. The van der Waals surface area contributed by atoms with Gasteiger partial charge in [-0.25, -0.2) is 4.39 Å². The zero-order valence-corrected chi connectivity index (χ0v) is 22.6. The summed E-state index contributed by atoms with van der Waals surface area (Å²) >= 11 is 20.8. The van der Waals surface area contributed by atoms with Crippen molar-refractivity contribution in [2.24, 2.45) is 5.92 Å². The molecule has 0 aliphatic heterocycles. The van der Waals surface area contributed by atoms with Gasteiger partial charge in [-0.2, -0.15) is 0 Å². The molecule has 1 nitrogen and oxygen atoms in total. The van der Waals surface area contributed by atoms with Crippen molar-refractivity contribution >= 4 is 52.3 Å². The predicted octanol–water partition coefficient (Wildman–Crippen LogP) is 9.93. The zero-order valence-electron chi connectivity index (χ0n) is 19.6. The Bertz CT molecular complexity index is 1210. The van der Waals surface area contributed by atoms with E-state index in [1.807, 2.05) is 49.4 Å². The van der Waals surface area contributed by atoms with Crippen molar-refractivity contribution in [1.82, 2.24) is 0 Å². The molecule has 34 heavy (non-hydrogen) atoms. The summed E-state index contributed by atoms with van der Waals surface area (Å²) < 4.78 is 13.0. The molecule has 4 rings (SSSR count). The molecule has 3 aromatic rings. The molecule has 0 aromatic heterocycles. The molecule has 1 aliphatic carbocycles.